The molecule has 258 valence electrons. The normalized spacial score (nSPS) is 12.2. The highest BCUT2D eigenvalue weighted by Crippen LogP contribution is 2.01. The molecule has 0 bridgehead atoms. The van der Waals surface area contributed by atoms with Gasteiger partial charge in [0, 0.05) is 36.9 Å². The van der Waals surface area contributed by atoms with Crippen LogP contribution in [0.4, 0.5) is 4.79 Å². The van der Waals surface area contributed by atoms with Crippen LogP contribution in [0.3, 0.4) is 0 Å². The third-order valence-corrected chi connectivity index (χ3v) is 5.99. The minimum atomic E-state index is -0.493. The van der Waals surface area contributed by atoms with Gasteiger partial charge in [0.25, 0.3) is 0 Å². The van der Waals surface area contributed by atoms with Crippen molar-refractivity contribution in [3.63, 3.8) is 0 Å². The minimum Gasteiger partial charge on any atom is -0.462 e. The Morgan fingerprint density at radius 1 is 0.522 bits per heavy atom. The summed E-state index contributed by atoms with van der Waals surface area (Å²) in [4.78, 5) is 82.7. The van der Waals surface area contributed by atoms with Crippen molar-refractivity contribution in [2.24, 2.45) is 20.1 Å². The topological polar surface area (TPSA) is 213 Å². The Morgan fingerprint density at radius 2 is 0.870 bits per heavy atom. The summed E-state index contributed by atoms with van der Waals surface area (Å²) in [5.74, 6) is -2.05. The Kier molecular flexibility index (Phi) is 23.3. The number of Topliss-reactive ketones (excluding diaryl/α,β-unsaturated/α-hetero) is 1. The number of carbonyl (C=O) groups excluding carboxylic acids is 6. The second-order valence-electron chi connectivity index (χ2n) is 10.0. The van der Waals surface area contributed by atoms with Crippen LogP contribution in [0.2, 0.25) is 0 Å². The van der Waals surface area contributed by atoms with E-state index in [0.717, 1.165) is 5.71 Å². The quantitative estimate of drug-likeness (QED) is 0.0539. The third-order valence-electron chi connectivity index (χ3n) is 5.99. The molecule has 2 N–H and O–H groups in total. The van der Waals surface area contributed by atoms with Gasteiger partial charge in [-0.15, -0.1) is 0 Å². The first-order valence-corrected chi connectivity index (χ1v) is 14.9. The van der Waals surface area contributed by atoms with E-state index >= 15 is 0 Å². The average molecular weight is 653 g/mol. The molecule has 0 aliphatic rings. The number of aliphatic imine (C=N–C) groups is 3. The predicted molar refractivity (Wildman–Crippen MR) is 171 cm³/mol. The summed E-state index contributed by atoms with van der Waals surface area (Å²) in [5, 5.41) is 6.16. The average Bonchev–Trinajstić information content (AvgIpc) is 3.04. The molecule has 0 saturated carbocycles. The van der Waals surface area contributed by atoms with Gasteiger partial charge in [-0.1, -0.05) is 0 Å². The maximum Gasteiger partial charge on any atom is 0.334 e. The van der Waals surface area contributed by atoms with E-state index in [1.165, 1.54) is 7.05 Å². The van der Waals surface area contributed by atoms with Crippen LogP contribution in [0.1, 0.15) is 79.1 Å². The fourth-order valence-corrected chi connectivity index (χ4v) is 3.07. The predicted octanol–water partition coefficient (Wildman–Crippen LogP) is 2.17. The van der Waals surface area contributed by atoms with Crippen molar-refractivity contribution in [3.05, 3.63) is 0 Å². The highest BCUT2D eigenvalue weighted by atomic mass is 16.6. The number of rotatable bonds is 23. The number of hydrogen-bond acceptors (Lipinski definition) is 14. The van der Waals surface area contributed by atoms with Gasteiger partial charge in [-0.05, 0) is 53.4 Å². The van der Waals surface area contributed by atoms with Crippen molar-refractivity contribution in [1.82, 2.24) is 10.7 Å². The molecule has 0 fully saturated rings. The fourth-order valence-electron chi connectivity index (χ4n) is 3.07. The number of nitrogens with one attached hydrogen (secondary N) is 2. The smallest absolute Gasteiger partial charge is 0.334 e. The van der Waals surface area contributed by atoms with Gasteiger partial charge in [0.2, 0.25) is 0 Å². The number of amides is 2. The van der Waals surface area contributed by atoms with Gasteiger partial charge in [0.05, 0.1) is 38.8 Å². The number of nitrogens with zero attached hydrogens (tertiary/aromatic N) is 4. The van der Waals surface area contributed by atoms with E-state index in [0.29, 0.717) is 42.8 Å². The number of ether oxygens (including phenoxy) is 4. The van der Waals surface area contributed by atoms with Gasteiger partial charge in [0.15, 0.2) is 5.78 Å². The monoisotopic (exact) mass is 652 g/mol. The molecule has 0 heterocycles. The number of esters is 4. The summed E-state index contributed by atoms with van der Waals surface area (Å²) in [5.41, 5.74) is 4.86. The number of urea groups is 1. The molecule has 0 rings (SSSR count). The van der Waals surface area contributed by atoms with Crippen LogP contribution in [-0.2, 0) is 42.9 Å². The Hall–Kier alpha value is -4.50. The zero-order chi connectivity index (χ0) is 34.7. The molecule has 0 aromatic rings. The Morgan fingerprint density at radius 3 is 1.22 bits per heavy atom. The van der Waals surface area contributed by atoms with Crippen molar-refractivity contribution in [1.29, 1.82) is 0 Å². The van der Waals surface area contributed by atoms with E-state index in [-0.39, 0.29) is 77.0 Å². The van der Waals surface area contributed by atoms with Crippen LogP contribution < -0.4 is 10.7 Å². The van der Waals surface area contributed by atoms with Crippen LogP contribution in [0.15, 0.2) is 20.1 Å². The van der Waals surface area contributed by atoms with E-state index in [9.17, 15) is 28.8 Å². The molecule has 16 nitrogen and oxygen atoms in total. The summed E-state index contributed by atoms with van der Waals surface area (Å²) in [6.45, 7) is 6.46. The van der Waals surface area contributed by atoms with E-state index < -0.39 is 23.9 Å². The summed E-state index contributed by atoms with van der Waals surface area (Å²) >= 11 is 0. The minimum absolute atomic E-state index is 0.0213. The number of ketones is 1. The largest absolute Gasteiger partial charge is 0.462 e. The molecule has 16 heteroatoms. The zero-order valence-electron chi connectivity index (χ0n) is 27.8. The summed E-state index contributed by atoms with van der Waals surface area (Å²) in [6, 6.07) is -0.468. The third kappa shape index (κ3) is 24.9. The molecule has 46 heavy (non-hydrogen) atoms. The molecule has 0 atom stereocenters. The van der Waals surface area contributed by atoms with Crippen LogP contribution in [0.25, 0.3) is 0 Å². The first-order valence-electron chi connectivity index (χ1n) is 14.9. The van der Waals surface area contributed by atoms with Crippen molar-refractivity contribution in [2.75, 3.05) is 53.6 Å². The van der Waals surface area contributed by atoms with Crippen LogP contribution >= 0.6 is 0 Å². The highest BCUT2D eigenvalue weighted by molar-refractivity contribution is 5.92. The maximum absolute atomic E-state index is 12.1. The molecule has 0 radical (unpaired) electrons. The summed E-state index contributed by atoms with van der Waals surface area (Å²) in [6.07, 6.45) is 1.83. The van der Waals surface area contributed by atoms with Gasteiger partial charge in [-0.25, -0.2) is 10.2 Å². The van der Waals surface area contributed by atoms with E-state index in [1.807, 2.05) is 6.92 Å². The molecule has 0 aliphatic carbocycles. The fraction of sp³-hybridized carbons (Fsp3) is 0.667. The van der Waals surface area contributed by atoms with E-state index in [1.54, 1.807) is 27.8 Å². The molecule has 0 aromatic carbocycles. The number of carbonyl (C=O) groups is 6. The lowest BCUT2D eigenvalue weighted by Gasteiger charge is -2.07. The standard InChI is InChI=1S/C30H48N6O10/c1-21(31-5)7-11-26(38)43-15-16-44-27(39)12-8-22(2)33-19-25(37)20-34-23(3)9-13-28(40)45-17-18-46-29(41)14-10-24(4)35-36-30(42)32-6/h7-20H2,1-6H3,(H2,32,36,42)/b31-21?,33-22?,34-23?,35-24+. The second-order valence-corrected chi connectivity index (χ2v) is 10.0. The van der Waals surface area contributed by atoms with Gasteiger partial charge in [-0.2, -0.15) is 5.10 Å². The van der Waals surface area contributed by atoms with Gasteiger partial charge >= 0.3 is 29.9 Å². The summed E-state index contributed by atoms with van der Waals surface area (Å²) < 4.78 is 20.1. The molecule has 0 aromatic heterocycles. The SMILES string of the molecule is CN=C(C)CCC(=O)OCCOC(=O)CCC(C)=NCC(=O)CN=C(C)CCC(=O)OCCOC(=O)CC/C(C)=N/NC(=O)NC. The lowest BCUT2D eigenvalue weighted by atomic mass is 10.2. The first-order chi connectivity index (χ1) is 21.9. The van der Waals surface area contributed by atoms with Crippen LogP contribution in [0.5, 0.6) is 0 Å². The van der Waals surface area contributed by atoms with Crippen molar-refractivity contribution >= 4 is 58.5 Å². The van der Waals surface area contributed by atoms with Gasteiger partial charge in [0.1, 0.15) is 26.4 Å². The molecule has 0 aliphatic heterocycles. The zero-order valence-corrected chi connectivity index (χ0v) is 27.8. The van der Waals surface area contributed by atoms with Crippen LogP contribution in [-0.4, -0.2) is 112 Å². The highest BCUT2D eigenvalue weighted by Gasteiger charge is 2.09. The molecule has 0 unspecified atom stereocenters. The molecular formula is C30H48N6O10. The molecule has 2 amide bonds. The van der Waals surface area contributed by atoms with E-state index in [4.69, 9.17) is 18.9 Å². The Balaban J connectivity index is 4.06. The number of hydrogen-bond donors (Lipinski definition) is 2. The summed E-state index contributed by atoms with van der Waals surface area (Å²) in [7, 11) is 3.11. The van der Waals surface area contributed by atoms with Crippen molar-refractivity contribution < 1.29 is 47.7 Å². The lowest BCUT2D eigenvalue weighted by molar-refractivity contribution is -0.152. The second kappa shape index (κ2) is 25.8. The number of hydrazone groups is 1. The molecule has 0 spiro atoms. The van der Waals surface area contributed by atoms with Crippen LogP contribution in [0, 0.1) is 0 Å². The van der Waals surface area contributed by atoms with E-state index in [2.05, 4.69) is 30.8 Å². The molecular weight excluding hydrogens is 604 g/mol. The van der Waals surface area contributed by atoms with Gasteiger partial charge < -0.3 is 24.3 Å². The van der Waals surface area contributed by atoms with Crippen molar-refractivity contribution in [2.45, 2.75) is 79.1 Å². The molecule has 0 saturated heterocycles. The van der Waals surface area contributed by atoms with Gasteiger partial charge in [-0.3, -0.25) is 38.9 Å². The first kappa shape index (κ1) is 41.5. The van der Waals surface area contributed by atoms with Crippen molar-refractivity contribution in [3.8, 4) is 0 Å². The maximum atomic E-state index is 12.1. The Labute approximate surface area is 269 Å². The Bertz CT molecular complexity index is 1150. The lowest BCUT2D eigenvalue weighted by Crippen LogP contribution is -2.29.